The van der Waals surface area contributed by atoms with Crippen LogP contribution in [0.4, 0.5) is 5.69 Å². The largest absolute Gasteiger partial charge is 0.399 e. The fourth-order valence-electron chi connectivity index (χ4n) is 1.65. The number of sulfone groups is 1. The summed E-state index contributed by atoms with van der Waals surface area (Å²) in [6.07, 6.45) is 0. The van der Waals surface area contributed by atoms with E-state index in [0.717, 1.165) is 0 Å². The molecular formula is C13H11BrClNO2S. The highest BCUT2D eigenvalue weighted by molar-refractivity contribution is 9.10. The van der Waals surface area contributed by atoms with Crippen molar-refractivity contribution < 1.29 is 8.42 Å². The van der Waals surface area contributed by atoms with E-state index in [1.165, 1.54) is 0 Å². The summed E-state index contributed by atoms with van der Waals surface area (Å²) in [5.74, 6) is -0.173. The Morgan fingerprint density at radius 1 is 1.16 bits per heavy atom. The average molecular weight is 361 g/mol. The van der Waals surface area contributed by atoms with Gasteiger partial charge < -0.3 is 5.73 Å². The smallest absolute Gasteiger partial charge is 0.182 e. The first-order valence-electron chi connectivity index (χ1n) is 5.41. The van der Waals surface area contributed by atoms with E-state index in [0.29, 0.717) is 20.7 Å². The molecule has 0 aliphatic rings. The third-order valence-corrected chi connectivity index (χ3v) is 5.10. The third kappa shape index (κ3) is 3.49. The average Bonchev–Trinajstić information content (AvgIpc) is 2.33. The number of nitrogens with two attached hydrogens (primary N) is 1. The monoisotopic (exact) mass is 359 g/mol. The van der Waals surface area contributed by atoms with E-state index in [1.807, 2.05) is 0 Å². The van der Waals surface area contributed by atoms with Gasteiger partial charge in [0.1, 0.15) is 0 Å². The highest BCUT2D eigenvalue weighted by Crippen LogP contribution is 2.25. The number of anilines is 1. The van der Waals surface area contributed by atoms with Gasteiger partial charge in [-0.1, -0.05) is 33.6 Å². The number of hydrogen-bond donors (Lipinski definition) is 1. The van der Waals surface area contributed by atoms with Gasteiger partial charge in [-0.05, 0) is 42.0 Å². The highest BCUT2D eigenvalue weighted by Gasteiger charge is 2.17. The lowest BCUT2D eigenvalue weighted by Crippen LogP contribution is -2.06. The van der Waals surface area contributed by atoms with Crippen molar-refractivity contribution in [3.05, 3.63) is 57.5 Å². The topological polar surface area (TPSA) is 60.2 Å². The molecule has 0 aromatic heterocycles. The van der Waals surface area contributed by atoms with Gasteiger partial charge in [0, 0.05) is 15.2 Å². The number of halogens is 2. The second-order valence-electron chi connectivity index (χ2n) is 4.07. The summed E-state index contributed by atoms with van der Waals surface area (Å²) in [5.41, 5.74) is 6.64. The SMILES string of the molecule is Nc1ccc(Cl)c(CS(=O)(=O)c2cccc(Br)c2)c1. The van der Waals surface area contributed by atoms with Gasteiger partial charge >= 0.3 is 0 Å². The van der Waals surface area contributed by atoms with Crippen LogP contribution in [0.1, 0.15) is 5.56 Å². The first-order chi connectivity index (χ1) is 8.88. The Hall–Kier alpha value is -1.04. The number of benzene rings is 2. The van der Waals surface area contributed by atoms with Crippen LogP contribution in [-0.2, 0) is 15.6 Å². The standard InChI is InChI=1S/C13H11BrClNO2S/c14-10-2-1-3-12(7-10)19(17,18)8-9-6-11(16)4-5-13(9)15/h1-7H,8,16H2. The molecule has 100 valence electrons. The number of rotatable bonds is 3. The predicted octanol–water partition coefficient (Wildman–Crippen LogP) is 3.66. The van der Waals surface area contributed by atoms with Crippen LogP contribution >= 0.6 is 27.5 Å². The van der Waals surface area contributed by atoms with Crippen molar-refractivity contribution in [3.63, 3.8) is 0 Å². The summed E-state index contributed by atoms with van der Waals surface area (Å²) >= 11 is 9.25. The van der Waals surface area contributed by atoms with E-state index in [1.54, 1.807) is 42.5 Å². The summed E-state index contributed by atoms with van der Waals surface area (Å²) in [6, 6.07) is 11.4. The number of nitrogen functional groups attached to an aromatic ring is 1. The second kappa shape index (κ2) is 5.53. The summed E-state index contributed by atoms with van der Waals surface area (Å²) < 4.78 is 25.3. The molecule has 0 saturated carbocycles. The van der Waals surface area contributed by atoms with Crippen LogP contribution in [-0.4, -0.2) is 8.42 Å². The zero-order valence-electron chi connectivity index (χ0n) is 9.81. The zero-order chi connectivity index (χ0) is 14.0. The van der Waals surface area contributed by atoms with E-state index >= 15 is 0 Å². The Morgan fingerprint density at radius 3 is 2.58 bits per heavy atom. The Balaban J connectivity index is 2.39. The predicted molar refractivity (Wildman–Crippen MR) is 80.9 cm³/mol. The molecule has 0 amide bonds. The maximum Gasteiger partial charge on any atom is 0.182 e. The molecule has 6 heteroatoms. The van der Waals surface area contributed by atoms with Crippen molar-refractivity contribution in [1.82, 2.24) is 0 Å². The molecule has 0 bridgehead atoms. The minimum Gasteiger partial charge on any atom is -0.399 e. The van der Waals surface area contributed by atoms with Crippen LogP contribution < -0.4 is 5.73 Å². The molecule has 0 saturated heterocycles. The molecule has 0 unspecified atom stereocenters. The van der Waals surface area contributed by atoms with Crippen molar-refractivity contribution in [2.75, 3.05) is 5.73 Å². The van der Waals surface area contributed by atoms with Gasteiger partial charge in [-0.3, -0.25) is 0 Å². The van der Waals surface area contributed by atoms with E-state index in [2.05, 4.69) is 15.9 Å². The van der Waals surface area contributed by atoms with Crippen molar-refractivity contribution in [3.8, 4) is 0 Å². The fraction of sp³-hybridized carbons (Fsp3) is 0.0769. The van der Waals surface area contributed by atoms with E-state index in [-0.39, 0.29) is 10.6 Å². The quantitative estimate of drug-likeness (QED) is 0.850. The molecular weight excluding hydrogens is 350 g/mol. The maximum absolute atomic E-state index is 12.3. The maximum atomic E-state index is 12.3. The molecule has 0 aliphatic carbocycles. The zero-order valence-corrected chi connectivity index (χ0v) is 13.0. The minimum atomic E-state index is -3.45. The van der Waals surface area contributed by atoms with Gasteiger partial charge in [0.25, 0.3) is 0 Å². The molecule has 0 radical (unpaired) electrons. The van der Waals surface area contributed by atoms with Gasteiger partial charge in [-0.25, -0.2) is 8.42 Å². The lowest BCUT2D eigenvalue weighted by Gasteiger charge is -2.07. The van der Waals surface area contributed by atoms with Gasteiger partial charge in [-0.15, -0.1) is 0 Å². The molecule has 0 spiro atoms. The van der Waals surface area contributed by atoms with Gasteiger partial charge in [0.2, 0.25) is 0 Å². The lowest BCUT2D eigenvalue weighted by atomic mass is 10.2. The van der Waals surface area contributed by atoms with Crippen molar-refractivity contribution in [2.24, 2.45) is 0 Å². The van der Waals surface area contributed by atoms with Crippen molar-refractivity contribution in [2.45, 2.75) is 10.6 Å². The molecule has 2 aromatic rings. The Bertz CT molecular complexity index is 716. The van der Waals surface area contributed by atoms with E-state index in [4.69, 9.17) is 17.3 Å². The Labute approximate surface area is 125 Å². The minimum absolute atomic E-state index is 0.173. The van der Waals surface area contributed by atoms with Gasteiger partial charge in [-0.2, -0.15) is 0 Å². The van der Waals surface area contributed by atoms with Crippen LogP contribution in [0.3, 0.4) is 0 Å². The first kappa shape index (κ1) is 14.4. The normalized spacial score (nSPS) is 11.5. The molecule has 0 aliphatic heterocycles. The van der Waals surface area contributed by atoms with Crippen molar-refractivity contribution in [1.29, 1.82) is 0 Å². The highest BCUT2D eigenvalue weighted by atomic mass is 79.9. The molecule has 0 atom stereocenters. The van der Waals surface area contributed by atoms with Gasteiger partial charge in [0.05, 0.1) is 10.6 Å². The summed E-state index contributed by atoms with van der Waals surface area (Å²) in [7, 11) is -3.45. The van der Waals surface area contributed by atoms with Crippen molar-refractivity contribution >= 4 is 43.1 Å². The summed E-state index contributed by atoms with van der Waals surface area (Å²) in [6.45, 7) is 0. The molecule has 3 nitrogen and oxygen atoms in total. The van der Waals surface area contributed by atoms with Gasteiger partial charge in [0.15, 0.2) is 9.84 Å². The van der Waals surface area contributed by atoms with Crippen LogP contribution in [0.15, 0.2) is 51.8 Å². The van der Waals surface area contributed by atoms with Crippen LogP contribution in [0, 0.1) is 0 Å². The Morgan fingerprint density at radius 2 is 1.89 bits per heavy atom. The van der Waals surface area contributed by atoms with Crippen LogP contribution in [0.5, 0.6) is 0 Å². The van der Waals surface area contributed by atoms with E-state index < -0.39 is 9.84 Å². The van der Waals surface area contributed by atoms with Crippen LogP contribution in [0.25, 0.3) is 0 Å². The molecule has 0 heterocycles. The molecule has 2 N–H and O–H groups in total. The fourth-order valence-corrected chi connectivity index (χ4v) is 3.88. The number of hydrogen-bond acceptors (Lipinski definition) is 3. The summed E-state index contributed by atoms with van der Waals surface area (Å²) in [4.78, 5) is 0.250. The molecule has 19 heavy (non-hydrogen) atoms. The van der Waals surface area contributed by atoms with Crippen LogP contribution in [0.2, 0.25) is 5.02 Å². The second-order valence-corrected chi connectivity index (χ2v) is 7.38. The third-order valence-electron chi connectivity index (χ3n) is 2.57. The first-order valence-corrected chi connectivity index (χ1v) is 8.23. The van der Waals surface area contributed by atoms with E-state index in [9.17, 15) is 8.42 Å². The summed E-state index contributed by atoms with van der Waals surface area (Å²) in [5, 5.41) is 0.396. The Kier molecular flexibility index (Phi) is 4.18. The lowest BCUT2D eigenvalue weighted by molar-refractivity contribution is 0.595. The molecule has 0 fully saturated rings. The molecule has 2 rings (SSSR count). The molecule has 2 aromatic carbocycles.